The number of anilines is 2. The molecule has 2 aliphatic rings. The lowest BCUT2D eigenvalue weighted by atomic mass is 9.89. The van der Waals surface area contributed by atoms with E-state index in [4.69, 9.17) is 60.6 Å². The lowest BCUT2D eigenvalue weighted by Gasteiger charge is -2.28. The SMILES string of the molecule is [C-]#[N+]C(OOCCC(C)(COOC/C([N+]#[C-])=C1\Sc2cc(Cl)ccc2N1CCCC)COC(=O)C=C)=C1Sc2cc(Cl)ccc2N1CCCC. The molecule has 266 valence electrons. The summed E-state index contributed by atoms with van der Waals surface area (Å²) in [6, 6.07) is 11.4. The molecule has 0 amide bonds. The van der Waals surface area contributed by atoms with E-state index in [9.17, 15) is 4.79 Å². The van der Waals surface area contributed by atoms with Crippen LogP contribution in [0, 0.1) is 18.6 Å². The summed E-state index contributed by atoms with van der Waals surface area (Å²) in [5.74, 6) is -0.566. The van der Waals surface area contributed by atoms with E-state index in [1.807, 2.05) is 48.2 Å². The van der Waals surface area contributed by atoms with E-state index >= 15 is 0 Å². The summed E-state index contributed by atoms with van der Waals surface area (Å²) in [6.07, 6.45) is 5.27. The highest BCUT2D eigenvalue weighted by Gasteiger charge is 2.32. The van der Waals surface area contributed by atoms with E-state index in [0.29, 0.717) is 33.7 Å². The highest BCUT2D eigenvalue weighted by Crippen LogP contribution is 2.49. The van der Waals surface area contributed by atoms with Crippen LogP contribution in [-0.4, -0.2) is 45.5 Å². The van der Waals surface area contributed by atoms with Crippen LogP contribution >= 0.6 is 46.7 Å². The summed E-state index contributed by atoms with van der Waals surface area (Å²) >= 11 is 15.4. The molecule has 1 atom stereocenters. The maximum absolute atomic E-state index is 11.9. The molecule has 50 heavy (non-hydrogen) atoms. The van der Waals surface area contributed by atoms with Crippen molar-refractivity contribution in [3.05, 3.63) is 104 Å². The third kappa shape index (κ3) is 10.4. The molecule has 0 saturated heterocycles. The fourth-order valence-corrected chi connectivity index (χ4v) is 7.79. The zero-order valence-electron chi connectivity index (χ0n) is 28.3. The molecule has 0 fully saturated rings. The van der Waals surface area contributed by atoms with Crippen LogP contribution in [0.4, 0.5) is 11.4 Å². The minimum absolute atomic E-state index is 0.0113. The van der Waals surface area contributed by atoms with Crippen LogP contribution < -0.4 is 9.80 Å². The quantitative estimate of drug-likeness (QED) is 0.0263. The second kappa shape index (κ2) is 19.3. The average Bonchev–Trinajstić information content (AvgIpc) is 3.65. The number of hydrogen-bond donors (Lipinski definition) is 0. The van der Waals surface area contributed by atoms with Gasteiger partial charge in [-0.1, -0.05) is 86.9 Å². The Kier molecular flexibility index (Phi) is 15.3. The number of esters is 1. The molecule has 0 aromatic heterocycles. The summed E-state index contributed by atoms with van der Waals surface area (Å²) in [5.41, 5.74) is 1.60. The Labute approximate surface area is 312 Å². The van der Waals surface area contributed by atoms with Gasteiger partial charge in [0.2, 0.25) is 5.70 Å². The molecule has 0 bridgehead atoms. The second-order valence-electron chi connectivity index (χ2n) is 11.8. The maximum Gasteiger partial charge on any atom is 0.401 e. The van der Waals surface area contributed by atoms with Crippen molar-refractivity contribution >= 4 is 64.1 Å². The molecule has 10 nitrogen and oxygen atoms in total. The fraction of sp³-hybridized carbons (Fsp3) is 0.417. The van der Waals surface area contributed by atoms with Gasteiger partial charge in [0.15, 0.2) is 0 Å². The summed E-state index contributed by atoms with van der Waals surface area (Å²) < 4.78 is 5.37. The first-order valence-electron chi connectivity index (χ1n) is 16.2. The first-order valence-corrected chi connectivity index (χ1v) is 18.6. The zero-order chi connectivity index (χ0) is 36.1. The molecule has 0 saturated carbocycles. The molecule has 2 aromatic rings. The van der Waals surface area contributed by atoms with Gasteiger partial charge >= 0.3 is 11.9 Å². The molecular weight excluding hydrogens is 719 g/mol. The van der Waals surface area contributed by atoms with Crippen molar-refractivity contribution in [3.8, 4) is 0 Å². The Morgan fingerprint density at radius 1 is 0.900 bits per heavy atom. The molecule has 2 aliphatic heterocycles. The number of carbonyl (C=O) groups excluding carboxylic acids is 1. The number of benzene rings is 2. The smallest absolute Gasteiger partial charge is 0.401 e. The predicted molar refractivity (Wildman–Crippen MR) is 199 cm³/mol. The first-order chi connectivity index (χ1) is 24.2. The molecule has 2 aromatic carbocycles. The Balaban J connectivity index is 1.39. The number of ether oxygens (including phenoxy) is 1. The Hall–Kier alpha value is -3.33. The number of nitrogens with zero attached hydrogens (tertiary/aromatic N) is 4. The second-order valence-corrected chi connectivity index (χ2v) is 14.8. The maximum atomic E-state index is 11.9. The van der Waals surface area contributed by atoms with Crippen molar-refractivity contribution in [1.82, 2.24) is 0 Å². The van der Waals surface area contributed by atoms with Crippen LogP contribution in [0.15, 0.2) is 80.5 Å². The third-order valence-corrected chi connectivity index (χ3v) is 10.6. The van der Waals surface area contributed by atoms with Crippen molar-refractivity contribution in [2.75, 3.05) is 49.3 Å². The normalized spacial score (nSPS) is 16.5. The lowest BCUT2D eigenvalue weighted by Crippen LogP contribution is -2.32. The van der Waals surface area contributed by atoms with E-state index in [-0.39, 0.29) is 32.3 Å². The monoisotopic (exact) mass is 758 g/mol. The van der Waals surface area contributed by atoms with Gasteiger partial charge in [-0.15, -0.1) is 0 Å². The van der Waals surface area contributed by atoms with E-state index in [0.717, 1.165) is 64.5 Å². The summed E-state index contributed by atoms with van der Waals surface area (Å²) in [4.78, 5) is 47.7. The minimum atomic E-state index is -0.774. The number of thioether (sulfide) groups is 2. The van der Waals surface area contributed by atoms with Crippen molar-refractivity contribution in [3.63, 3.8) is 0 Å². The lowest BCUT2D eigenvalue weighted by molar-refractivity contribution is -0.310. The number of rotatable bonds is 19. The number of carbonyl (C=O) groups is 1. The van der Waals surface area contributed by atoms with Gasteiger partial charge in [0.1, 0.15) is 11.6 Å². The molecular formula is C36H40Cl2N4O6S2. The first kappa shape index (κ1) is 39.5. The van der Waals surface area contributed by atoms with Crippen LogP contribution in [0.5, 0.6) is 0 Å². The summed E-state index contributed by atoms with van der Waals surface area (Å²) in [7, 11) is 0. The minimum Gasteiger partial charge on any atom is -0.462 e. The van der Waals surface area contributed by atoms with E-state index < -0.39 is 11.4 Å². The molecule has 14 heteroatoms. The highest BCUT2D eigenvalue weighted by molar-refractivity contribution is 8.04. The highest BCUT2D eigenvalue weighted by atomic mass is 35.5. The zero-order valence-corrected chi connectivity index (χ0v) is 31.5. The molecule has 4 rings (SSSR count). The van der Waals surface area contributed by atoms with E-state index in [1.54, 1.807) is 0 Å². The van der Waals surface area contributed by atoms with Crippen molar-refractivity contribution in [2.24, 2.45) is 5.41 Å². The predicted octanol–water partition coefficient (Wildman–Crippen LogP) is 10.3. The Morgan fingerprint density at radius 3 is 2.06 bits per heavy atom. The average molecular weight is 760 g/mol. The van der Waals surface area contributed by atoms with Gasteiger partial charge in [0.05, 0.1) is 49.4 Å². The van der Waals surface area contributed by atoms with Crippen LogP contribution in [0.2, 0.25) is 10.0 Å². The number of halogens is 2. The van der Waals surface area contributed by atoms with Gasteiger partial charge in [-0.05, 0) is 55.7 Å². The van der Waals surface area contributed by atoms with Crippen LogP contribution in [-0.2, 0) is 29.1 Å². The van der Waals surface area contributed by atoms with Gasteiger partial charge in [-0.25, -0.2) is 24.3 Å². The number of fused-ring (bicyclic) bond motifs is 2. The van der Waals surface area contributed by atoms with Gasteiger partial charge in [0.25, 0.3) is 0 Å². The largest absolute Gasteiger partial charge is 0.462 e. The van der Waals surface area contributed by atoms with Gasteiger partial charge in [0, 0.05) is 44.4 Å². The molecule has 2 heterocycles. The Bertz CT molecular complexity index is 1580. The van der Waals surface area contributed by atoms with Gasteiger partial charge < -0.3 is 19.4 Å². The van der Waals surface area contributed by atoms with Crippen LogP contribution in [0.25, 0.3) is 9.69 Å². The van der Waals surface area contributed by atoms with Gasteiger partial charge in [-0.2, -0.15) is 4.85 Å². The number of unbranched alkanes of at least 4 members (excludes halogenated alkanes) is 2. The summed E-state index contributed by atoms with van der Waals surface area (Å²) in [5, 5.41) is 2.66. The summed E-state index contributed by atoms with van der Waals surface area (Å²) in [6.45, 7) is 26.7. The van der Waals surface area contributed by atoms with Gasteiger partial charge in [-0.3, -0.25) is 0 Å². The molecule has 0 N–H and O–H groups in total. The van der Waals surface area contributed by atoms with Crippen molar-refractivity contribution < 1.29 is 29.1 Å². The molecule has 0 radical (unpaired) electrons. The van der Waals surface area contributed by atoms with Crippen LogP contribution in [0.1, 0.15) is 52.9 Å². The standard InChI is InChI=1S/C36H40Cl2N4O6S2/c1-7-10-17-41-28-14-12-25(37)20-30(28)49-34(41)27(39-5)22-46-47-24-36(4,23-44-32(43)9-3)16-19-45-48-33(40-6)35-42(18-11-8-2)29-15-13-26(38)21-31(29)50-35/h9,12-15,20-21H,3,7-8,10-11,16-19,22-24H2,1-2,4H3/b34-27+,35-33?. The van der Waals surface area contributed by atoms with Crippen molar-refractivity contribution in [2.45, 2.75) is 62.7 Å². The molecule has 1 unspecified atom stereocenters. The van der Waals surface area contributed by atoms with Crippen molar-refractivity contribution in [1.29, 1.82) is 0 Å². The van der Waals surface area contributed by atoms with E-state index in [2.05, 4.69) is 35.0 Å². The molecule has 0 spiro atoms. The third-order valence-electron chi connectivity index (χ3n) is 7.81. The fourth-order valence-electron chi connectivity index (χ4n) is 4.97. The topological polar surface area (TPSA) is 78.4 Å². The van der Waals surface area contributed by atoms with Crippen LogP contribution in [0.3, 0.4) is 0 Å². The Morgan fingerprint density at radius 2 is 1.50 bits per heavy atom. The number of hydrogen-bond acceptors (Lipinski definition) is 10. The van der Waals surface area contributed by atoms with E-state index in [1.165, 1.54) is 23.5 Å². The molecule has 0 aliphatic carbocycles.